The van der Waals surface area contributed by atoms with Crippen LogP contribution < -0.4 is 14.8 Å². The van der Waals surface area contributed by atoms with Crippen LogP contribution in [0.4, 0.5) is 10.1 Å². The number of aryl methyl sites for hydroxylation is 1. The van der Waals surface area contributed by atoms with Crippen molar-refractivity contribution in [3.8, 4) is 5.75 Å². The molecule has 3 rings (SSSR count). The summed E-state index contributed by atoms with van der Waals surface area (Å²) in [6.07, 6.45) is 0. The summed E-state index contributed by atoms with van der Waals surface area (Å²) in [4.78, 5) is 12.3. The third-order valence-electron chi connectivity index (χ3n) is 4.57. The Bertz CT molecular complexity index is 1230. The van der Waals surface area contributed by atoms with Crippen molar-refractivity contribution in [1.82, 2.24) is 4.72 Å². The predicted octanol–water partition coefficient (Wildman–Crippen LogP) is 4.53. The van der Waals surface area contributed by atoms with Gasteiger partial charge < -0.3 is 10.1 Å². The van der Waals surface area contributed by atoms with Crippen molar-refractivity contribution in [2.24, 2.45) is 0 Å². The molecular formula is C22H20ClFN2O4S. The fourth-order valence-corrected chi connectivity index (χ4v) is 4.03. The zero-order valence-corrected chi connectivity index (χ0v) is 18.4. The minimum atomic E-state index is -4.01. The van der Waals surface area contributed by atoms with Crippen molar-refractivity contribution in [1.29, 1.82) is 0 Å². The fraction of sp³-hybridized carbons (Fsp3) is 0.136. The monoisotopic (exact) mass is 462 g/mol. The van der Waals surface area contributed by atoms with E-state index in [9.17, 15) is 17.6 Å². The number of nitrogens with one attached hydrogen (secondary N) is 2. The van der Waals surface area contributed by atoms with E-state index in [0.717, 1.165) is 23.8 Å². The van der Waals surface area contributed by atoms with E-state index in [0.29, 0.717) is 22.0 Å². The maximum atomic E-state index is 14.3. The van der Waals surface area contributed by atoms with E-state index >= 15 is 0 Å². The molecule has 0 saturated carbocycles. The molecule has 0 saturated heterocycles. The number of halogens is 2. The molecule has 3 aromatic carbocycles. The third kappa shape index (κ3) is 5.41. The summed E-state index contributed by atoms with van der Waals surface area (Å²) in [6.45, 7) is 1.77. The summed E-state index contributed by atoms with van der Waals surface area (Å²) < 4.78 is 47.3. The van der Waals surface area contributed by atoms with Gasteiger partial charge in [-0.05, 0) is 48.9 Å². The Labute approximate surface area is 185 Å². The molecule has 0 aromatic heterocycles. The zero-order chi connectivity index (χ0) is 22.6. The molecule has 1 amide bonds. The molecule has 0 aliphatic carbocycles. The molecule has 0 unspecified atom stereocenters. The Morgan fingerprint density at radius 3 is 2.55 bits per heavy atom. The van der Waals surface area contributed by atoms with Gasteiger partial charge in [0, 0.05) is 22.8 Å². The first kappa shape index (κ1) is 22.7. The zero-order valence-electron chi connectivity index (χ0n) is 16.8. The molecule has 0 fully saturated rings. The topological polar surface area (TPSA) is 84.5 Å². The highest BCUT2D eigenvalue weighted by atomic mass is 35.5. The smallest absolute Gasteiger partial charge is 0.258 e. The van der Waals surface area contributed by atoms with E-state index in [2.05, 4.69) is 10.0 Å². The number of hydrogen-bond acceptors (Lipinski definition) is 4. The number of amides is 1. The minimum absolute atomic E-state index is 0.0346. The highest BCUT2D eigenvalue weighted by Gasteiger charge is 2.20. The van der Waals surface area contributed by atoms with E-state index in [1.165, 1.54) is 13.2 Å². The van der Waals surface area contributed by atoms with Gasteiger partial charge in [0.25, 0.3) is 5.91 Å². The molecule has 0 spiro atoms. The summed E-state index contributed by atoms with van der Waals surface area (Å²) in [7, 11) is -2.53. The van der Waals surface area contributed by atoms with Crippen molar-refractivity contribution < 1.29 is 22.3 Å². The average molecular weight is 463 g/mol. The van der Waals surface area contributed by atoms with Crippen LogP contribution in [0.15, 0.2) is 65.6 Å². The van der Waals surface area contributed by atoms with Gasteiger partial charge in [-0.2, -0.15) is 0 Å². The number of methoxy groups -OCH3 is 1. The lowest BCUT2D eigenvalue weighted by Gasteiger charge is -2.12. The average Bonchev–Trinajstić information content (AvgIpc) is 2.75. The quantitative estimate of drug-likeness (QED) is 0.540. The number of carbonyl (C=O) groups is 1. The summed E-state index contributed by atoms with van der Waals surface area (Å²) in [5, 5.41) is 2.96. The molecule has 9 heteroatoms. The van der Waals surface area contributed by atoms with Gasteiger partial charge in [0.1, 0.15) is 11.6 Å². The van der Waals surface area contributed by atoms with Crippen molar-refractivity contribution in [3.05, 3.63) is 88.2 Å². The summed E-state index contributed by atoms with van der Waals surface area (Å²) in [5.74, 6) is -1.11. The first-order valence-electron chi connectivity index (χ1n) is 9.20. The van der Waals surface area contributed by atoms with Crippen LogP contribution in [-0.2, 0) is 16.6 Å². The summed E-state index contributed by atoms with van der Waals surface area (Å²) >= 11 is 6.04. The number of hydrogen-bond donors (Lipinski definition) is 2. The van der Waals surface area contributed by atoms with Crippen LogP contribution in [0.25, 0.3) is 0 Å². The van der Waals surface area contributed by atoms with Gasteiger partial charge in [0.2, 0.25) is 10.0 Å². The van der Waals surface area contributed by atoms with Gasteiger partial charge in [0.15, 0.2) is 0 Å². The second-order valence-electron chi connectivity index (χ2n) is 6.70. The normalized spacial score (nSPS) is 11.2. The molecule has 2 N–H and O–H groups in total. The maximum Gasteiger partial charge on any atom is 0.258 e. The van der Waals surface area contributed by atoms with Gasteiger partial charge in [-0.3, -0.25) is 4.79 Å². The number of benzene rings is 3. The number of rotatable bonds is 7. The molecule has 0 aliphatic rings. The van der Waals surface area contributed by atoms with Crippen molar-refractivity contribution in [2.45, 2.75) is 18.4 Å². The fourth-order valence-electron chi connectivity index (χ4n) is 2.82. The lowest BCUT2D eigenvalue weighted by atomic mass is 10.2. The molecule has 31 heavy (non-hydrogen) atoms. The second-order valence-corrected chi connectivity index (χ2v) is 8.87. The van der Waals surface area contributed by atoms with Crippen molar-refractivity contribution in [2.75, 3.05) is 12.4 Å². The lowest BCUT2D eigenvalue weighted by Crippen LogP contribution is -2.24. The van der Waals surface area contributed by atoms with Crippen LogP contribution in [0.1, 0.15) is 21.5 Å². The molecule has 0 radical (unpaired) electrons. The first-order chi connectivity index (χ1) is 14.7. The van der Waals surface area contributed by atoms with Gasteiger partial charge in [-0.1, -0.05) is 35.9 Å². The van der Waals surface area contributed by atoms with Crippen LogP contribution in [0.2, 0.25) is 5.02 Å². The number of anilines is 1. The molecule has 0 heterocycles. The Kier molecular flexibility index (Phi) is 6.94. The second kappa shape index (κ2) is 9.47. The molecule has 0 aliphatic heterocycles. The number of ether oxygens (including phenoxy) is 1. The minimum Gasteiger partial charge on any atom is -0.496 e. The first-order valence-corrected chi connectivity index (χ1v) is 11.1. The van der Waals surface area contributed by atoms with Gasteiger partial charge in [0.05, 0.1) is 17.6 Å². The van der Waals surface area contributed by atoms with Gasteiger partial charge >= 0.3 is 0 Å². The Morgan fingerprint density at radius 2 is 1.84 bits per heavy atom. The van der Waals surface area contributed by atoms with E-state index in [-0.39, 0.29) is 11.4 Å². The van der Waals surface area contributed by atoms with Crippen LogP contribution in [0.5, 0.6) is 5.75 Å². The lowest BCUT2D eigenvalue weighted by molar-refractivity contribution is 0.102. The predicted molar refractivity (Wildman–Crippen MR) is 118 cm³/mol. The molecule has 6 nitrogen and oxygen atoms in total. The molecular weight excluding hydrogens is 443 g/mol. The Hall–Kier alpha value is -2.94. The van der Waals surface area contributed by atoms with Crippen molar-refractivity contribution >= 4 is 33.2 Å². The van der Waals surface area contributed by atoms with Crippen LogP contribution in [0, 0.1) is 12.7 Å². The van der Waals surface area contributed by atoms with E-state index < -0.39 is 27.3 Å². The number of sulfonamides is 1. The number of para-hydroxylation sites is 1. The molecule has 0 atom stereocenters. The Morgan fingerprint density at radius 1 is 1.10 bits per heavy atom. The van der Waals surface area contributed by atoms with Gasteiger partial charge in [-0.15, -0.1) is 0 Å². The van der Waals surface area contributed by atoms with E-state index in [1.807, 2.05) is 0 Å². The van der Waals surface area contributed by atoms with E-state index in [1.54, 1.807) is 43.3 Å². The third-order valence-corrected chi connectivity index (χ3v) is 6.37. The molecule has 3 aromatic rings. The van der Waals surface area contributed by atoms with Gasteiger partial charge in [-0.25, -0.2) is 17.5 Å². The highest BCUT2D eigenvalue weighted by Crippen LogP contribution is 2.22. The summed E-state index contributed by atoms with van der Waals surface area (Å²) in [5.41, 5.74) is 1.41. The van der Waals surface area contributed by atoms with Crippen molar-refractivity contribution in [3.63, 3.8) is 0 Å². The SMILES string of the molecule is COc1ccccc1CNS(=O)(=O)c1ccc(F)c(C(=O)Nc2ccc(C)c(Cl)c2)c1. The summed E-state index contributed by atoms with van der Waals surface area (Å²) in [6, 6.07) is 14.8. The molecule has 162 valence electrons. The number of carbonyl (C=O) groups excluding carboxylic acids is 1. The molecule has 0 bridgehead atoms. The van der Waals surface area contributed by atoms with Crippen LogP contribution >= 0.6 is 11.6 Å². The van der Waals surface area contributed by atoms with Crippen LogP contribution in [-0.4, -0.2) is 21.4 Å². The standard InChI is InChI=1S/C22H20ClFN2O4S/c1-14-7-8-16(11-19(14)23)26-22(27)18-12-17(9-10-20(18)24)31(28,29)25-13-15-5-3-4-6-21(15)30-2/h3-12,25H,13H2,1-2H3,(H,26,27). The maximum absolute atomic E-state index is 14.3. The van der Waals surface area contributed by atoms with Crippen LogP contribution in [0.3, 0.4) is 0 Å². The largest absolute Gasteiger partial charge is 0.496 e. The Balaban J connectivity index is 1.81. The highest BCUT2D eigenvalue weighted by molar-refractivity contribution is 7.89. The van der Waals surface area contributed by atoms with E-state index in [4.69, 9.17) is 16.3 Å².